The van der Waals surface area contributed by atoms with E-state index in [9.17, 15) is 14.4 Å². The van der Waals surface area contributed by atoms with Crippen LogP contribution in [0.4, 0.5) is 5.69 Å². The number of piperidine rings is 1. The molecular formula is C33H46N4O5. The summed E-state index contributed by atoms with van der Waals surface area (Å²) in [6.45, 7) is 8.00. The van der Waals surface area contributed by atoms with Crippen LogP contribution >= 0.6 is 0 Å². The lowest BCUT2D eigenvalue weighted by Gasteiger charge is -2.38. The zero-order chi connectivity index (χ0) is 29.4. The first-order valence-corrected chi connectivity index (χ1v) is 16.0. The molecule has 0 unspecified atom stereocenters. The molecule has 3 amide bonds. The van der Waals surface area contributed by atoms with E-state index in [0.29, 0.717) is 29.8 Å². The third kappa shape index (κ3) is 5.23. The molecule has 42 heavy (non-hydrogen) atoms. The zero-order valence-electron chi connectivity index (χ0n) is 25.2. The van der Waals surface area contributed by atoms with Gasteiger partial charge in [0.2, 0.25) is 17.7 Å². The SMILES string of the molecule is COc1ccc(NC(=O)[C@H]2[C@H]3C=C[C@@]4(O3)[C@H]2C(=O)N(CCCN2CCCCC2)[C@@H]4C(=O)N[C@@H]2CCC[C@@H](C)[C@@H]2C)cc1. The Labute approximate surface area is 249 Å². The molecular weight excluding hydrogens is 532 g/mol. The molecule has 4 aliphatic heterocycles. The molecule has 2 N–H and O–H groups in total. The summed E-state index contributed by atoms with van der Waals surface area (Å²) in [5.41, 5.74) is -0.511. The molecule has 1 aromatic carbocycles. The van der Waals surface area contributed by atoms with Gasteiger partial charge in [0.15, 0.2) is 0 Å². The van der Waals surface area contributed by atoms with Crippen LogP contribution in [0.25, 0.3) is 0 Å². The molecule has 2 bridgehead atoms. The lowest BCUT2D eigenvalue weighted by Crippen LogP contribution is -2.58. The predicted molar refractivity (Wildman–Crippen MR) is 160 cm³/mol. The van der Waals surface area contributed by atoms with Crippen molar-refractivity contribution in [3.8, 4) is 5.75 Å². The fraction of sp³-hybridized carbons (Fsp3) is 0.667. The topological polar surface area (TPSA) is 100 Å². The minimum atomic E-state index is -1.14. The van der Waals surface area contributed by atoms with Crippen LogP contribution in [0.1, 0.15) is 58.8 Å². The van der Waals surface area contributed by atoms with Gasteiger partial charge >= 0.3 is 0 Å². The van der Waals surface area contributed by atoms with Crippen molar-refractivity contribution in [2.45, 2.75) is 82.6 Å². The summed E-state index contributed by atoms with van der Waals surface area (Å²) in [6.07, 6.45) is 10.9. The quantitative estimate of drug-likeness (QED) is 0.435. The molecule has 8 atom stereocenters. The average molecular weight is 579 g/mol. The molecule has 1 aromatic rings. The molecule has 1 spiro atoms. The number of benzene rings is 1. The molecule has 0 aromatic heterocycles. The van der Waals surface area contributed by atoms with Gasteiger partial charge < -0.3 is 29.9 Å². The summed E-state index contributed by atoms with van der Waals surface area (Å²) in [5.74, 6) is -0.430. The van der Waals surface area contributed by atoms with Crippen LogP contribution in [0.5, 0.6) is 5.75 Å². The fourth-order valence-electron chi connectivity index (χ4n) is 8.10. The number of anilines is 1. The first-order valence-electron chi connectivity index (χ1n) is 16.0. The summed E-state index contributed by atoms with van der Waals surface area (Å²) in [4.78, 5) is 46.3. The number of carbonyl (C=O) groups excluding carboxylic acids is 3. The number of amides is 3. The Morgan fingerprint density at radius 3 is 2.52 bits per heavy atom. The third-order valence-corrected chi connectivity index (χ3v) is 10.6. The van der Waals surface area contributed by atoms with Gasteiger partial charge in [0.25, 0.3) is 0 Å². The highest BCUT2D eigenvalue weighted by Gasteiger charge is 2.72. The molecule has 9 heteroatoms. The first-order chi connectivity index (χ1) is 20.3. The highest BCUT2D eigenvalue weighted by Crippen LogP contribution is 2.55. The van der Waals surface area contributed by atoms with Crippen LogP contribution in [0.3, 0.4) is 0 Å². The first kappa shape index (κ1) is 29.2. The van der Waals surface area contributed by atoms with Crippen molar-refractivity contribution in [2.24, 2.45) is 23.7 Å². The average Bonchev–Trinajstić information content (AvgIpc) is 3.64. The number of likely N-dealkylation sites (tertiary alicyclic amines) is 2. The lowest BCUT2D eigenvalue weighted by atomic mass is 9.73. The van der Waals surface area contributed by atoms with Gasteiger partial charge in [-0.3, -0.25) is 14.4 Å². The van der Waals surface area contributed by atoms with Gasteiger partial charge in [0.05, 0.1) is 25.0 Å². The van der Waals surface area contributed by atoms with Gasteiger partial charge in [0.1, 0.15) is 17.4 Å². The molecule has 1 aliphatic carbocycles. The number of ether oxygens (including phenoxy) is 2. The lowest BCUT2D eigenvalue weighted by molar-refractivity contribution is -0.141. The van der Waals surface area contributed by atoms with Crippen molar-refractivity contribution in [3.05, 3.63) is 36.4 Å². The van der Waals surface area contributed by atoms with E-state index >= 15 is 0 Å². The van der Waals surface area contributed by atoms with Gasteiger partial charge in [0, 0.05) is 18.3 Å². The van der Waals surface area contributed by atoms with Crippen LogP contribution < -0.4 is 15.4 Å². The zero-order valence-corrected chi connectivity index (χ0v) is 25.2. The van der Waals surface area contributed by atoms with E-state index in [1.165, 1.54) is 25.7 Å². The number of methoxy groups -OCH3 is 1. The van der Waals surface area contributed by atoms with Crippen LogP contribution in [0.2, 0.25) is 0 Å². The Hall–Kier alpha value is -2.91. The minimum absolute atomic E-state index is 0.0683. The number of hydrogen-bond donors (Lipinski definition) is 2. The summed E-state index contributed by atoms with van der Waals surface area (Å²) in [5, 5.41) is 6.33. The number of hydrogen-bond acceptors (Lipinski definition) is 6. The molecule has 228 valence electrons. The maximum Gasteiger partial charge on any atom is 0.246 e. The Bertz CT molecular complexity index is 1200. The molecule has 5 aliphatic rings. The fourth-order valence-corrected chi connectivity index (χ4v) is 8.10. The Balaban J connectivity index is 1.24. The molecule has 9 nitrogen and oxygen atoms in total. The minimum Gasteiger partial charge on any atom is -0.497 e. The van der Waals surface area contributed by atoms with Crippen LogP contribution in [0.15, 0.2) is 36.4 Å². The molecule has 4 fully saturated rings. The van der Waals surface area contributed by atoms with Crippen LogP contribution in [-0.4, -0.2) is 84.6 Å². The largest absolute Gasteiger partial charge is 0.497 e. The summed E-state index contributed by atoms with van der Waals surface area (Å²) in [7, 11) is 1.60. The second-order valence-corrected chi connectivity index (χ2v) is 13.1. The van der Waals surface area contributed by atoms with E-state index in [-0.39, 0.29) is 23.8 Å². The van der Waals surface area contributed by atoms with Gasteiger partial charge in [-0.1, -0.05) is 45.3 Å². The predicted octanol–water partition coefficient (Wildman–Crippen LogP) is 3.60. The smallest absolute Gasteiger partial charge is 0.246 e. The van der Waals surface area contributed by atoms with Crippen LogP contribution in [-0.2, 0) is 19.1 Å². The van der Waals surface area contributed by atoms with Crippen molar-refractivity contribution in [1.29, 1.82) is 0 Å². The standard InChI is InChI=1S/C33H46N4O5/c1-21-9-7-10-25(22(21)2)35-31(39)29-33-16-15-26(42-33)27(30(38)34-23-11-13-24(41-3)14-12-23)28(33)32(40)37(29)20-8-19-36-17-5-4-6-18-36/h11-16,21-22,25-29H,4-10,17-20H2,1-3H3,(H,34,38)(H,35,39)/t21-,22+,25-,26-,27+,28-,29-,33-/m1/s1. The third-order valence-electron chi connectivity index (χ3n) is 10.6. The summed E-state index contributed by atoms with van der Waals surface area (Å²) < 4.78 is 11.8. The normalized spacial score (nSPS) is 35.7. The second-order valence-electron chi connectivity index (χ2n) is 13.1. The molecule has 3 saturated heterocycles. The monoisotopic (exact) mass is 578 g/mol. The van der Waals surface area contributed by atoms with Crippen molar-refractivity contribution in [2.75, 3.05) is 38.6 Å². The van der Waals surface area contributed by atoms with Crippen molar-refractivity contribution < 1.29 is 23.9 Å². The van der Waals surface area contributed by atoms with Crippen molar-refractivity contribution in [3.63, 3.8) is 0 Å². The van der Waals surface area contributed by atoms with E-state index in [2.05, 4.69) is 29.4 Å². The second kappa shape index (κ2) is 12.0. The Morgan fingerprint density at radius 2 is 1.79 bits per heavy atom. The number of nitrogens with one attached hydrogen (secondary N) is 2. The van der Waals surface area contributed by atoms with Gasteiger partial charge in [-0.2, -0.15) is 0 Å². The Kier molecular flexibility index (Phi) is 8.33. The molecule has 1 saturated carbocycles. The molecule has 4 heterocycles. The highest BCUT2D eigenvalue weighted by atomic mass is 16.5. The van der Waals surface area contributed by atoms with E-state index in [4.69, 9.17) is 9.47 Å². The van der Waals surface area contributed by atoms with Gasteiger partial charge in [-0.15, -0.1) is 0 Å². The summed E-state index contributed by atoms with van der Waals surface area (Å²) in [6, 6.07) is 6.41. The van der Waals surface area contributed by atoms with E-state index in [1.54, 1.807) is 36.3 Å². The van der Waals surface area contributed by atoms with E-state index < -0.39 is 29.6 Å². The number of nitrogens with zero attached hydrogens (tertiary/aromatic N) is 2. The van der Waals surface area contributed by atoms with Gasteiger partial charge in [-0.25, -0.2) is 0 Å². The van der Waals surface area contributed by atoms with Crippen LogP contribution in [0, 0.1) is 23.7 Å². The molecule has 0 radical (unpaired) electrons. The Morgan fingerprint density at radius 1 is 1.02 bits per heavy atom. The number of carbonyl (C=O) groups is 3. The van der Waals surface area contributed by atoms with Crippen molar-refractivity contribution in [1.82, 2.24) is 15.1 Å². The number of rotatable bonds is 9. The van der Waals surface area contributed by atoms with Gasteiger partial charge in [-0.05, 0) is 81.4 Å². The van der Waals surface area contributed by atoms with E-state index in [1.807, 2.05) is 12.2 Å². The maximum atomic E-state index is 14.2. The molecule has 6 rings (SSSR count). The van der Waals surface area contributed by atoms with Crippen molar-refractivity contribution >= 4 is 23.4 Å². The van der Waals surface area contributed by atoms with E-state index in [0.717, 1.165) is 38.9 Å². The summed E-state index contributed by atoms with van der Waals surface area (Å²) >= 11 is 0. The number of fused-ring (bicyclic) bond motifs is 1. The maximum absolute atomic E-state index is 14.2. The highest BCUT2D eigenvalue weighted by molar-refractivity contribution is 6.02.